The Labute approximate surface area is 74.0 Å². The van der Waals surface area contributed by atoms with Gasteiger partial charge in [0.1, 0.15) is 0 Å². The number of aliphatic carboxylic acids is 1. The van der Waals surface area contributed by atoms with Crippen molar-refractivity contribution in [3.63, 3.8) is 0 Å². The van der Waals surface area contributed by atoms with E-state index < -0.39 is 11.4 Å². The summed E-state index contributed by atoms with van der Waals surface area (Å²) in [6, 6.07) is 0. The Balaban J connectivity index is 2.49. The predicted octanol–water partition coefficient (Wildman–Crippen LogP) is 2.68. The minimum Gasteiger partial charge on any atom is -0.481 e. The average Bonchev–Trinajstić information content (AvgIpc) is 2.06. The lowest BCUT2D eigenvalue weighted by Gasteiger charge is -2.33. The molecule has 0 unspecified atom stereocenters. The summed E-state index contributed by atoms with van der Waals surface area (Å²) < 4.78 is 0. The highest BCUT2D eigenvalue weighted by Crippen LogP contribution is 2.39. The van der Waals surface area contributed by atoms with E-state index in [1.165, 1.54) is 6.42 Å². The summed E-state index contributed by atoms with van der Waals surface area (Å²) in [5.74, 6) is 0.162. The van der Waals surface area contributed by atoms with Crippen molar-refractivity contribution in [2.75, 3.05) is 0 Å². The van der Waals surface area contributed by atoms with Gasteiger partial charge in [-0.25, -0.2) is 0 Å². The highest BCUT2D eigenvalue weighted by Gasteiger charge is 2.36. The van der Waals surface area contributed by atoms with Gasteiger partial charge in [-0.1, -0.05) is 13.3 Å². The Morgan fingerprint density at radius 3 is 2.33 bits per heavy atom. The minimum atomic E-state index is -0.614. The lowest BCUT2D eigenvalue weighted by molar-refractivity contribution is -0.150. The largest absolute Gasteiger partial charge is 0.481 e. The molecule has 12 heavy (non-hydrogen) atoms. The van der Waals surface area contributed by atoms with Gasteiger partial charge < -0.3 is 5.11 Å². The Hall–Kier alpha value is -0.530. The van der Waals surface area contributed by atoms with Crippen LogP contribution in [-0.2, 0) is 4.79 Å². The third kappa shape index (κ3) is 1.79. The Kier molecular flexibility index (Phi) is 2.76. The second kappa shape index (κ2) is 3.46. The summed E-state index contributed by atoms with van der Waals surface area (Å²) >= 11 is 0. The molecule has 1 N–H and O–H groups in total. The first-order chi connectivity index (χ1) is 5.58. The first-order valence-corrected chi connectivity index (χ1v) is 4.82. The topological polar surface area (TPSA) is 37.3 Å². The van der Waals surface area contributed by atoms with Crippen molar-refractivity contribution in [1.29, 1.82) is 0 Å². The van der Waals surface area contributed by atoms with Crippen molar-refractivity contribution in [1.82, 2.24) is 0 Å². The number of carbonyl (C=O) groups is 1. The highest BCUT2D eigenvalue weighted by molar-refractivity contribution is 5.74. The van der Waals surface area contributed by atoms with Gasteiger partial charge in [0.05, 0.1) is 5.41 Å². The fourth-order valence-corrected chi connectivity index (χ4v) is 1.94. The van der Waals surface area contributed by atoms with Crippen LogP contribution in [0.3, 0.4) is 0 Å². The van der Waals surface area contributed by atoms with Crippen molar-refractivity contribution in [2.45, 2.75) is 46.0 Å². The fourth-order valence-electron chi connectivity index (χ4n) is 1.94. The van der Waals surface area contributed by atoms with Crippen molar-refractivity contribution < 1.29 is 9.90 Å². The molecule has 0 aromatic rings. The van der Waals surface area contributed by atoms with Gasteiger partial charge in [0.2, 0.25) is 0 Å². The van der Waals surface area contributed by atoms with E-state index in [9.17, 15) is 4.79 Å². The van der Waals surface area contributed by atoms with E-state index in [4.69, 9.17) is 5.11 Å². The summed E-state index contributed by atoms with van der Waals surface area (Å²) in [7, 11) is 0. The molecule has 0 bridgehead atoms. The Morgan fingerprint density at radius 1 is 1.50 bits per heavy atom. The first-order valence-electron chi connectivity index (χ1n) is 4.82. The summed E-state index contributed by atoms with van der Waals surface area (Å²) in [5, 5.41) is 8.96. The van der Waals surface area contributed by atoms with Gasteiger partial charge in [0.25, 0.3) is 0 Å². The van der Waals surface area contributed by atoms with Crippen LogP contribution >= 0.6 is 0 Å². The highest BCUT2D eigenvalue weighted by atomic mass is 16.4. The SMILES string of the molecule is CC[C@H]1CC[C@@](C)(C(=O)O)CC1. The molecule has 70 valence electrons. The number of rotatable bonds is 2. The van der Waals surface area contributed by atoms with Crippen LogP contribution in [-0.4, -0.2) is 11.1 Å². The molecule has 0 aromatic heterocycles. The molecule has 0 aliphatic heterocycles. The fraction of sp³-hybridized carbons (Fsp3) is 0.900. The monoisotopic (exact) mass is 170 g/mol. The summed E-state index contributed by atoms with van der Waals surface area (Å²) in [6.45, 7) is 4.06. The molecule has 2 nitrogen and oxygen atoms in total. The zero-order chi connectivity index (χ0) is 9.19. The van der Waals surface area contributed by atoms with Gasteiger partial charge in [0.15, 0.2) is 0 Å². The maximum Gasteiger partial charge on any atom is 0.309 e. The molecular weight excluding hydrogens is 152 g/mol. The molecule has 0 saturated heterocycles. The van der Waals surface area contributed by atoms with Crippen LogP contribution < -0.4 is 0 Å². The van der Waals surface area contributed by atoms with Gasteiger partial charge in [-0.05, 0) is 38.5 Å². The van der Waals surface area contributed by atoms with Crippen LogP contribution in [0.2, 0.25) is 0 Å². The van der Waals surface area contributed by atoms with E-state index in [2.05, 4.69) is 6.92 Å². The molecule has 1 rings (SSSR count). The van der Waals surface area contributed by atoms with E-state index in [0.29, 0.717) is 0 Å². The molecule has 1 aliphatic rings. The predicted molar refractivity (Wildman–Crippen MR) is 48.0 cm³/mol. The molecule has 0 atom stereocenters. The lowest BCUT2D eigenvalue weighted by atomic mass is 9.71. The van der Waals surface area contributed by atoms with E-state index in [1.54, 1.807) is 0 Å². The third-order valence-electron chi connectivity index (χ3n) is 3.30. The Bertz CT molecular complexity index is 167. The van der Waals surface area contributed by atoms with Gasteiger partial charge in [0, 0.05) is 0 Å². The normalized spacial score (nSPS) is 36.3. The molecular formula is C10H18O2. The smallest absolute Gasteiger partial charge is 0.309 e. The van der Waals surface area contributed by atoms with E-state index in [1.807, 2.05) is 6.92 Å². The Morgan fingerprint density at radius 2 is 2.00 bits per heavy atom. The quantitative estimate of drug-likeness (QED) is 0.691. The third-order valence-corrected chi connectivity index (χ3v) is 3.30. The van der Waals surface area contributed by atoms with Gasteiger partial charge in [-0.15, -0.1) is 0 Å². The number of hydrogen-bond donors (Lipinski definition) is 1. The standard InChI is InChI=1S/C10H18O2/c1-3-8-4-6-10(2,7-5-8)9(11)12/h8H,3-7H2,1-2H3,(H,11,12)/t8-,10+. The second-order valence-corrected chi connectivity index (χ2v) is 4.22. The van der Waals surface area contributed by atoms with Crippen LogP contribution in [0.15, 0.2) is 0 Å². The lowest BCUT2D eigenvalue weighted by Crippen LogP contribution is -2.32. The molecule has 0 spiro atoms. The molecule has 1 saturated carbocycles. The van der Waals surface area contributed by atoms with E-state index >= 15 is 0 Å². The molecule has 0 radical (unpaired) electrons. The number of carboxylic acids is 1. The van der Waals surface area contributed by atoms with Crippen molar-refractivity contribution in [3.8, 4) is 0 Å². The van der Waals surface area contributed by atoms with Crippen molar-refractivity contribution in [3.05, 3.63) is 0 Å². The molecule has 0 amide bonds. The second-order valence-electron chi connectivity index (χ2n) is 4.22. The number of carboxylic acid groups (broad SMARTS) is 1. The van der Waals surface area contributed by atoms with Crippen LogP contribution in [0.25, 0.3) is 0 Å². The van der Waals surface area contributed by atoms with Crippen molar-refractivity contribution in [2.24, 2.45) is 11.3 Å². The van der Waals surface area contributed by atoms with Gasteiger partial charge >= 0.3 is 5.97 Å². The van der Waals surface area contributed by atoms with Crippen LogP contribution in [0.1, 0.15) is 46.0 Å². The molecule has 1 fully saturated rings. The maximum atomic E-state index is 10.9. The maximum absolute atomic E-state index is 10.9. The zero-order valence-corrected chi connectivity index (χ0v) is 7.97. The van der Waals surface area contributed by atoms with Crippen LogP contribution in [0.5, 0.6) is 0 Å². The van der Waals surface area contributed by atoms with Gasteiger partial charge in [-0.3, -0.25) is 4.79 Å². The van der Waals surface area contributed by atoms with Gasteiger partial charge in [-0.2, -0.15) is 0 Å². The minimum absolute atomic E-state index is 0.425. The van der Waals surface area contributed by atoms with E-state index in [0.717, 1.165) is 31.6 Å². The molecule has 1 aliphatic carbocycles. The summed E-state index contributed by atoms with van der Waals surface area (Å²) in [5.41, 5.74) is -0.425. The van der Waals surface area contributed by atoms with Crippen LogP contribution in [0.4, 0.5) is 0 Å². The van der Waals surface area contributed by atoms with E-state index in [-0.39, 0.29) is 0 Å². The number of hydrogen-bond acceptors (Lipinski definition) is 1. The average molecular weight is 170 g/mol. The van der Waals surface area contributed by atoms with Crippen molar-refractivity contribution >= 4 is 5.97 Å². The first kappa shape index (κ1) is 9.56. The summed E-state index contributed by atoms with van der Waals surface area (Å²) in [4.78, 5) is 10.9. The molecule has 0 aromatic carbocycles. The zero-order valence-electron chi connectivity index (χ0n) is 7.97. The van der Waals surface area contributed by atoms with Crippen LogP contribution in [0, 0.1) is 11.3 Å². The summed E-state index contributed by atoms with van der Waals surface area (Å²) in [6.07, 6.45) is 5.12. The molecule has 2 heteroatoms. The molecule has 0 heterocycles.